The summed E-state index contributed by atoms with van der Waals surface area (Å²) in [4.78, 5) is 26.2. The number of carbonyl (C=O) groups is 2. The molecule has 1 amide bonds. The zero-order valence-corrected chi connectivity index (χ0v) is 13.8. The van der Waals surface area contributed by atoms with Gasteiger partial charge in [-0.3, -0.25) is 9.69 Å². The summed E-state index contributed by atoms with van der Waals surface area (Å²) in [5, 5.41) is 9.69. The van der Waals surface area contributed by atoms with E-state index in [1.807, 2.05) is 32.1 Å². The van der Waals surface area contributed by atoms with Gasteiger partial charge < -0.3 is 5.11 Å². The second-order valence-corrected chi connectivity index (χ2v) is 5.75. The van der Waals surface area contributed by atoms with Crippen LogP contribution < -0.4 is 4.90 Å². The van der Waals surface area contributed by atoms with Crippen molar-refractivity contribution in [2.24, 2.45) is 0 Å². The molecule has 124 valence electrons. The van der Waals surface area contributed by atoms with Crippen LogP contribution in [0.25, 0.3) is 0 Å². The van der Waals surface area contributed by atoms with Crippen molar-refractivity contribution in [3.8, 4) is 0 Å². The van der Waals surface area contributed by atoms with Crippen molar-refractivity contribution in [3.63, 3.8) is 0 Å². The van der Waals surface area contributed by atoms with E-state index in [0.29, 0.717) is 11.3 Å². The van der Waals surface area contributed by atoms with E-state index in [1.54, 1.807) is 48.5 Å². The maximum Gasteiger partial charge on any atom is 0.327 e. The molecule has 2 aromatic carbocycles. The highest BCUT2D eigenvalue weighted by molar-refractivity contribution is 6.09. The molecule has 4 nitrogen and oxygen atoms in total. The van der Waals surface area contributed by atoms with E-state index >= 15 is 0 Å². The smallest absolute Gasteiger partial charge is 0.327 e. The van der Waals surface area contributed by atoms with Crippen molar-refractivity contribution < 1.29 is 14.7 Å². The van der Waals surface area contributed by atoms with Gasteiger partial charge in [0.05, 0.1) is 0 Å². The van der Waals surface area contributed by atoms with Crippen molar-refractivity contribution in [2.75, 3.05) is 4.90 Å². The van der Waals surface area contributed by atoms with Gasteiger partial charge in [-0.2, -0.15) is 0 Å². The maximum atomic E-state index is 13.0. The topological polar surface area (TPSA) is 57.6 Å². The number of rotatable bonds is 6. The number of benzene rings is 2. The van der Waals surface area contributed by atoms with E-state index in [2.05, 4.69) is 0 Å². The van der Waals surface area contributed by atoms with Gasteiger partial charge in [-0.25, -0.2) is 4.79 Å². The molecule has 1 atom stereocenters. The molecule has 1 unspecified atom stereocenters. The van der Waals surface area contributed by atoms with Gasteiger partial charge in [-0.05, 0) is 44.5 Å². The van der Waals surface area contributed by atoms with Crippen LogP contribution in [0.5, 0.6) is 0 Å². The number of carboxylic acids is 1. The molecule has 0 saturated carbocycles. The summed E-state index contributed by atoms with van der Waals surface area (Å²) in [7, 11) is 0. The van der Waals surface area contributed by atoms with Gasteiger partial charge >= 0.3 is 5.97 Å². The Morgan fingerprint density at radius 2 is 1.54 bits per heavy atom. The molecule has 4 heteroatoms. The Kier molecular flexibility index (Phi) is 5.90. The second kappa shape index (κ2) is 8.11. The maximum absolute atomic E-state index is 13.0. The number of amides is 1. The molecular formula is C20H21NO3. The fourth-order valence-electron chi connectivity index (χ4n) is 2.41. The summed E-state index contributed by atoms with van der Waals surface area (Å²) in [5.74, 6) is -1.35. The molecule has 0 heterocycles. The van der Waals surface area contributed by atoms with Gasteiger partial charge in [-0.15, -0.1) is 0 Å². The van der Waals surface area contributed by atoms with Crippen LogP contribution in [-0.4, -0.2) is 23.0 Å². The first kappa shape index (κ1) is 17.5. The molecule has 0 fully saturated rings. The highest BCUT2D eigenvalue weighted by Gasteiger charge is 2.30. The largest absolute Gasteiger partial charge is 0.480 e. The van der Waals surface area contributed by atoms with Crippen LogP contribution in [0.15, 0.2) is 72.3 Å². The zero-order chi connectivity index (χ0) is 17.5. The second-order valence-electron chi connectivity index (χ2n) is 5.75. The van der Waals surface area contributed by atoms with Gasteiger partial charge in [0.25, 0.3) is 5.91 Å². The molecule has 24 heavy (non-hydrogen) atoms. The Morgan fingerprint density at radius 1 is 1.00 bits per heavy atom. The minimum Gasteiger partial charge on any atom is -0.480 e. The molecule has 0 radical (unpaired) electrons. The number of nitrogens with zero attached hydrogens (tertiary/aromatic N) is 1. The minimum absolute atomic E-state index is 0.255. The number of hydrogen-bond donors (Lipinski definition) is 1. The lowest BCUT2D eigenvalue weighted by Gasteiger charge is -2.28. The van der Waals surface area contributed by atoms with Crippen LogP contribution in [0.2, 0.25) is 0 Å². The molecule has 0 aliphatic rings. The molecule has 0 saturated heterocycles. The fraction of sp³-hybridized carbons (Fsp3) is 0.200. The van der Waals surface area contributed by atoms with E-state index in [9.17, 15) is 14.7 Å². The summed E-state index contributed by atoms with van der Waals surface area (Å²) in [6, 6.07) is 16.7. The molecule has 0 spiro atoms. The summed E-state index contributed by atoms with van der Waals surface area (Å²) in [5.41, 5.74) is 2.05. The van der Waals surface area contributed by atoms with E-state index in [4.69, 9.17) is 0 Å². The first-order chi connectivity index (χ1) is 11.5. The normalized spacial score (nSPS) is 11.4. The molecule has 0 aliphatic heterocycles. The van der Waals surface area contributed by atoms with Crippen LogP contribution in [-0.2, 0) is 4.79 Å². The summed E-state index contributed by atoms with van der Waals surface area (Å²) < 4.78 is 0. The number of aliphatic carboxylic acids is 1. The van der Waals surface area contributed by atoms with Crippen LogP contribution in [0.1, 0.15) is 30.6 Å². The fourth-order valence-corrected chi connectivity index (χ4v) is 2.41. The number of hydrogen-bond acceptors (Lipinski definition) is 2. The highest BCUT2D eigenvalue weighted by atomic mass is 16.4. The molecule has 2 rings (SSSR count). The summed E-state index contributed by atoms with van der Waals surface area (Å²) >= 11 is 0. The first-order valence-electron chi connectivity index (χ1n) is 7.80. The van der Waals surface area contributed by atoms with Crippen LogP contribution in [0, 0.1) is 0 Å². The van der Waals surface area contributed by atoms with Gasteiger partial charge in [0.15, 0.2) is 0 Å². The third-order valence-electron chi connectivity index (χ3n) is 3.62. The summed E-state index contributed by atoms with van der Waals surface area (Å²) in [6.45, 7) is 3.82. The van der Waals surface area contributed by atoms with Gasteiger partial charge in [0.2, 0.25) is 0 Å². The monoisotopic (exact) mass is 323 g/mol. The Labute approximate surface area is 142 Å². The molecule has 1 N–H and O–H groups in total. The predicted molar refractivity (Wildman–Crippen MR) is 95.2 cm³/mol. The van der Waals surface area contributed by atoms with E-state index < -0.39 is 12.0 Å². The van der Waals surface area contributed by atoms with Gasteiger partial charge in [-0.1, -0.05) is 48.0 Å². The van der Waals surface area contributed by atoms with Gasteiger partial charge in [0, 0.05) is 11.3 Å². The quantitative estimate of drug-likeness (QED) is 0.813. The Hall–Kier alpha value is -2.88. The average molecular weight is 323 g/mol. The van der Waals surface area contributed by atoms with Crippen molar-refractivity contribution in [3.05, 3.63) is 77.9 Å². The van der Waals surface area contributed by atoms with Crippen LogP contribution >= 0.6 is 0 Å². The average Bonchev–Trinajstić information content (AvgIpc) is 2.59. The third-order valence-corrected chi connectivity index (χ3v) is 3.62. The lowest BCUT2D eigenvalue weighted by atomic mass is 10.1. The number of carboxylic acid groups (broad SMARTS) is 1. The molecular weight excluding hydrogens is 302 g/mol. The lowest BCUT2D eigenvalue weighted by Crippen LogP contribution is -2.45. The van der Waals surface area contributed by atoms with Crippen molar-refractivity contribution >= 4 is 17.6 Å². The van der Waals surface area contributed by atoms with E-state index in [1.165, 1.54) is 4.90 Å². The predicted octanol–water partition coefficient (Wildman–Crippen LogP) is 4.14. The minimum atomic E-state index is -1.03. The number of carbonyl (C=O) groups excluding carboxylic acids is 1. The van der Waals surface area contributed by atoms with Crippen molar-refractivity contribution in [1.29, 1.82) is 0 Å². The third kappa shape index (κ3) is 4.32. The SMILES string of the molecule is CC(C)=CCC(C(=O)O)N(C(=O)c1ccccc1)c1ccccc1. The Morgan fingerprint density at radius 3 is 2.04 bits per heavy atom. The Bertz CT molecular complexity index is 719. The highest BCUT2D eigenvalue weighted by Crippen LogP contribution is 2.22. The number of anilines is 1. The first-order valence-corrected chi connectivity index (χ1v) is 7.80. The molecule has 0 bridgehead atoms. The van der Waals surface area contributed by atoms with E-state index in [-0.39, 0.29) is 12.3 Å². The lowest BCUT2D eigenvalue weighted by molar-refractivity contribution is -0.138. The standard InChI is InChI=1S/C20H21NO3/c1-15(2)13-14-18(20(23)24)21(17-11-7-4-8-12-17)19(22)16-9-5-3-6-10-16/h3-13,18H,14H2,1-2H3,(H,23,24). The van der Waals surface area contributed by atoms with Crippen LogP contribution in [0.3, 0.4) is 0 Å². The van der Waals surface area contributed by atoms with Crippen molar-refractivity contribution in [2.45, 2.75) is 26.3 Å². The van der Waals surface area contributed by atoms with Gasteiger partial charge in [0.1, 0.15) is 6.04 Å². The summed E-state index contributed by atoms with van der Waals surface area (Å²) in [6.07, 6.45) is 2.10. The molecule has 2 aromatic rings. The Balaban J connectivity index is 2.47. The number of allylic oxidation sites excluding steroid dienone is 1. The molecule has 0 aromatic heterocycles. The molecule has 0 aliphatic carbocycles. The number of para-hydroxylation sites is 1. The van der Waals surface area contributed by atoms with Crippen LogP contribution in [0.4, 0.5) is 5.69 Å². The zero-order valence-electron chi connectivity index (χ0n) is 13.8. The van der Waals surface area contributed by atoms with E-state index in [0.717, 1.165) is 5.57 Å². The van der Waals surface area contributed by atoms with Crippen molar-refractivity contribution in [1.82, 2.24) is 0 Å².